The molecule has 0 amide bonds. The van der Waals surface area contributed by atoms with Crippen LogP contribution in [0.5, 0.6) is 17.2 Å². The second kappa shape index (κ2) is 22.2. The Kier molecular flexibility index (Phi) is 15.1. The number of carbonyl (C=O) groups is 2. The second-order valence-corrected chi connectivity index (χ2v) is 22.9. The Bertz CT molecular complexity index is 3130. The quantitative estimate of drug-likeness (QED) is 0.0361. The van der Waals surface area contributed by atoms with Gasteiger partial charge >= 0.3 is 0 Å². The molecule has 2 aromatic heterocycles. The normalized spacial score (nSPS) is 27.0. The van der Waals surface area contributed by atoms with E-state index in [0.717, 1.165) is 91.3 Å². The van der Waals surface area contributed by atoms with Gasteiger partial charge in [-0.2, -0.15) is 0 Å². The third-order valence-corrected chi connectivity index (χ3v) is 18.1. The average molecular weight is 1040 g/mol. The van der Waals surface area contributed by atoms with Crippen LogP contribution < -0.4 is 15.4 Å². The van der Waals surface area contributed by atoms with Crippen molar-refractivity contribution in [3.05, 3.63) is 140 Å². The molecular formula is C64H74N4O9. The van der Waals surface area contributed by atoms with Crippen molar-refractivity contribution >= 4 is 29.5 Å². The van der Waals surface area contributed by atoms with Crippen molar-refractivity contribution in [1.82, 2.24) is 15.3 Å². The van der Waals surface area contributed by atoms with Crippen LogP contribution in [0.25, 0.3) is 12.2 Å². The van der Waals surface area contributed by atoms with Crippen molar-refractivity contribution in [2.24, 2.45) is 17.8 Å². The zero-order valence-electron chi connectivity index (χ0n) is 44.1. The molecule has 10 N–H and O–H groups in total. The summed E-state index contributed by atoms with van der Waals surface area (Å²) in [5.41, 5.74) is 5.73. The summed E-state index contributed by atoms with van der Waals surface area (Å²) in [5, 5.41) is 79.8. The van der Waals surface area contributed by atoms with Gasteiger partial charge in [-0.05, 0) is 165 Å². The van der Waals surface area contributed by atoms with Crippen LogP contribution in [0.1, 0.15) is 158 Å². The molecular weight excluding hydrogens is 969 g/mol. The minimum absolute atomic E-state index is 0.0804. The SMILES string of the molecule is CCCNCC1C#CC2Nc3[nH]ccc3Cc3cc(ccc3C3(CCCC3)C1O)C(O)c1cc(cc(OC3CCCC3)c1O)CCC(=O)C(CCO)C(=O)C1C2=Cc2[nH]ccc2C1CC1(O)C=Cc2c(O)cccc2CC1. The standard InChI is InChI=1S/C64H74N4O9/c1-2-27-65-37-42-14-16-52-48-35-53-46(21-29-66-53)50(36-63(76)25-18-39-8-7-11-54(70)45(39)19-26-63)57(48)60(74)47(22-30-69)55(71)17-12-38-31-49(59(73)56(32-38)77-44-9-3-4-10-44)58(72)40-13-15-51(64(61(42)75)23-5-6-24-64)43(33-40)34-41-20-28-67-62(41)68-52/h7-8,11,13,15,19-21,26,28-29,31-33,35,42,44,47,50,52,57-58,61,65-70,72-73,75-76H,2-6,9-10,12,17-18,22-25,27,30,34,36-37H2,1H3. The van der Waals surface area contributed by atoms with Gasteiger partial charge in [0.15, 0.2) is 17.3 Å². The molecule has 404 valence electrons. The maximum absolute atomic E-state index is 16.2. The minimum atomic E-state index is -1.46. The number of carbonyl (C=O) groups excluding carboxylic acids is 2. The number of phenolic OH excluding ortho intramolecular Hbond substituents is 2. The van der Waals surface area contributed by atoms with Crippen molar-refractivity contribution in [1.29, 1.82) is 0 Å². The lowest BCUT2D eigenvalue weighted by Crippen LogP contribution is -2.46. The number of ketones is 2. The summed E-state index contributed by atoms with van der Waals surface area (Å²) in [6.07, 6.45) is 15.8. The van der Waals surface area contributed by atoms with Gasteiger partial charge in [-0.1, -0.05) is 74.1 Å². The molecule has 2 aliphatic heterocycles. The Morgan fingerprint density at radius 2 is 1.68 bits per heavy atom. The zero-order chi connectivity index (χ0) is 53.4. The first-order chi connectivity index (χ1) is 37.4. The van der Waals surface area contributed by atoms with Crippen LogP contribution in [0.3, 0.4) is 0 Å². The summed E-state index contributed by atoms with van der Waals surface area (Å²) in [6, 6.07) is 17.9. The Morgan fingerprint density at radius 1 is 0.857 bits per heavy atom. The highest BCUT2D eigenvalue weighted by Crippen LogP contribution is 2.51. The fourth-order valence-electron chi connectivity index (χ4n) is 14.0. The van der Waals surface area contributed by atoms with Crippen LogP contribution in [0.15, 0.2) is 84.7 Å². The van der Waals surface area contributed by atoms with Gasteiger partial charge < -0.3 is 56.0 Å². The van der Waals surface area contributed by atoms with Crippen LogP contribution in [0.2, 0.25) is 0 Å². The number of fused-ring (bicyclic) bond motifs is 9. The van der Waals surface area contributed by atoms with Crippen molar-refractivity contribution in [2.75, 3.05) is 25.0 Å². The van der Waals surface area contributed by atoms with Crippen molar-refractivity contribution in [2.45, 2.75) is 151 Å². The average Bonchev–Trinajstić information content (AvgIpc) is 4.39. The molecule has 0 radical (unpaired) electrons. The molecule has 11 rings (SSSR count). The number of aromatic amines is 2. The second-order valence-electron chi connectivity index (χ2n) is 22.9. The number of hydrogen-bond acceptors (Lipinski definition) is 11. The molecule has 6 aliphatic rings. The van der Waals surface area contributed by atoms with Gasteiger partial charge in [0.1, 0.15) is 29.5 Å². The number of anilines is 1. The molecule has 13 heteroatoms. The number of rotatable bonds is 10. The number of nitrogens with one attached hydrogen (secondary N) is 4. The summed E-state index contributed by atoms with van der Waals surface area (Å²) in [6.45, 7) is 2.78. The lowest BCUT2D eigenvalue weighted by atomic mass is 9.65. The molecule has 4 aliphatic carbocycles. The van der Waals surface area contributed by atoms with Gasteiger partial charge in [-0.15, -0.1) is 0 Å². The highest BCUT2D eigenvalue weighted by molar-refractivity contribution is 6.05. The minimum Gasteiger partial charge on any atom is -0.507 e. The molecule has 77 heavy (non-hydrogen) atoms. The molecule has 4 heterocycles. The van der Waals surface area contributed by atoms with E-state index < -0.39 is 65.3 Å². The number of H-pyrrole nitrogens is 2. The summed E-state index contributed by atoms with van der Waals surface area (Å²) in [5.74, 6) is 3.75. The lowest BCUT2D eigenvalue weighted by molar-refractivity contribution is -0.135. The van der Waals surface area contributed by atoms with Crippen LogP contribution in [-0.2, 0) is 34.3 Å². The van der Waals surface area contributed by atoms with Gasteiger partial charge in [0.2, 0.25) is 0 Å². The van der Waals surface area contributed by atoms with Crippen LogP contribution in [0, 0.1) is 29.6 Å². The van der Waals surface area contributed by atoms with E-state index in [1.54, 1.807) is 36.4 Å². The van der Waals surface area contributed by atoms with Crippen molar-refractivity contribution < 1.29 is 45.0 Å². The summed E-state index contributed by atoms with van der Waals surface area (Å²) in [7, 11) is 0. The molecule has 1 spiro atoms. The summed E-state index contributed by atoms with van der Waals surface area (Å²) in [4.78, 5) is 38.2. The number of ether oxygens (including phenoxy) is 1. The van der Waals surface area contributed by atoms with E-state index in [0.29, 0.717) is 60.4 Å². The predicted molar refractivity (Wildman–Crippen MR) is 297 cm³/mol. The first kappa shape index (κ1) is 52.6. The number of aliphatic hydroxyl groups is 4. The van der Waals surface area contributed by atoms with Gasteiger partial charge in [0.25, 0.3) is 0 Å². The van der Waals surface area contributed by atoms with Gasteiger partial charge in [-0.25, -0.2) is 0 Å². The fourth-order valence-corrected chi connectivity index (χ4v) is 14.0. The van der Waals surface area contributed by atoms with Crippen LogP contribution >= 0.6 is 0 Å². The van der Waals surface area contributed by atoms with E-state index in [2.05, 4.69) is 45.4 Å². The van der Waals surface area contributed by atoms with Crippen molar-refractivity contribution in [3.8, 4) is 29.1 Å². The van der Waals surface area contributed by atoms with E-state index in [-0.39, 0.29) is 60.4 Å². The maximum Gasteiger partial charge on any atom is 0.163 e. The number of aliphatic hydroxyl groups excluding tert-OH is 3. The van der Waals surface area contributed by atoms with E-state index in [1.165, 1.54) is 0 Å². The molecule has 2 fully saturated rings. The summed E-state index contributed by atoms with van der Waals surface area (Å²) < 4.78 is 6.51. The molecule has 2 saturated carbocycles. The number of hydrogen-bond donors (Lipinski definition) is 10. The summed E-state index contributed by atoms with van der Waals surface area (Å²) >= 11 is 0. The topological polar surface area (TPSA) is 220 Å². The van der Waals surface area contributed by atoms with Gasteiger partial charge in [0.05, 0.1) is 29.6 Å². The Hall–Kier alpha value is -6.40. The predicted octanol–water partition coefficient (Wildman–Crippen LogP) is 8.99. The molecule has 0 saturated heterocycles. The van der Waals surface area contributed by atoms with Gasteiger partial charge in [-0.3, -0.25) is 9.59 Å². The van der Waals surface area contributed by atoms with E-state index in [4.69, 9.17) is 4.74 Å². The van der Waals surface area contributed by atoms with Crippen molar-refractivity contribution in [3.63, 3.8) is 0 Å². The number of aromatic hydroxyl groups is 2. The molecule has 8 atom stereocenters. The van der Waals surface area contributed by atoms with E-state index in [9.17, 15) is 30.6 Å². The molecule has 13 nitrogen and oxygen atoms in total. The number of aryl methyl sites for hydroxylation is 2. The molecule has 5 aromatic rings. The largest absolute Gasteiger partial charge is 0.507 e. The third-order valence-electron chi connectivity index (χ3n) is 18.1. The Balaban J connectivity index is 1.12. The van der Waals surface area contributed by atoms with Crippen LogP contribution in [-0.4, -0.2) is 95.7 Å². The number of aromatic nitrogens is 2. The monoisotopic (exact) mass is 1040 g/mol. The third kappa shape index (κ3) is 10.3. The zero-order valence-corrected chi connectivity index (χ0v) is 44.1. The number of benzene rings is 3. The van der Waals surface area contributed by atoms with Gasteiger partial charge in [0, 0.05) is 72.5 Å². The fraction of sp³-hybridized carbons (Fsp3) is 0.469. The number of phenols is 2. The Morgan fingerprint density at radius 3 is 2.48 bits per heavy atom. The number of Topliss-reactive ketones (excluding diaryl/α,β-unsaturated/α-hetero) is 2. The van der Waals surface area contributed by atoms with E-state index in [1.807, 2.05) is 48.8 Å². The molecule has 5 bridgehead atoms. The molecule has 8 unspecified atom stereocenters. The lowest BCUT2D eigenvalue weighted by Gasteiger charge is -2.40. The Labute approximate surface area is 451 Å². The first-order valence-electron chi connectivity index (χ1n) is 28.3. The smallest absolute Gasteiger partial charge is 0.163 e. The van der Waals surface area contributed by atoms with E-state index >= 15 is 9.59 Å². The molecule has 3 aromatic carbocycles. The highest BCUT2D eigenvalue weighted by atomic mass is 16.5. The maximum atomic E-state index is 16.2. The first-order valence-corrected chi connectivity index (χ1v) is 28.3. The highest BCUT2D eigenvalue weighted by Gasteiger charge is 2.49. The van der Waals surface area contributed by atoms with Crippen LogP contribution in [0.4, 0.5) is 5.82 Å².